The Hall–Kier alpha value is -0.503. The molecule has 0 heterocycles. The second-order valence-electron chi connectivity index (χ2n) is 6.11. The van der Waals surface area contributed by atoms with Gasteiger partial charge < -0.3 is 4.43 Å². The molecule has 0 radical (unpaired) electrons. The zero-order valence-corrected chi connectivity index (χ0v) is 12.4. The van der Waals surface area contributed by atoms with Gasteiger partial charge in [-0.05, 0) is 44.0 Å². The van der Waals surface area contributed by atoms with Crippen LogP contribution in [0.25, 0.3) is 0 Å². The van der Waals surface area contributed by atoms with E-state index in [-0.39, 0.29) is 0 Å². The van der Waals surface area contributed by atoms with Crippen molar-refractivity contribution in [3.05, 3.63) is 24.5 Å². The van der Waals surface area contributed by atoms with Crippen molar-refractivity contribution in [2.75, 3.05) is 0 Å². The smallest absolute Gasteiger partial charge is 0.241 e. The minimum Gasteiger partial charge on any atom is -0.548 e. The molecule has 0 aromatic carbocycles. The van der Waals surface area contributed by atoms with Crippen molar-refractivity contribution >= 4 is 8.32 Å². The average Bonchev–Trinajstić information content (AvgIpc) is 2.14. The first-order valence-corrected chi connectivity index (χ1v) is 9.76. The molecule has 0 N–H and O–H groups in total. The molecule has 0 aliphatic heterocycles. The van der Waals surface area contributed by atoms with Gasteiger partial charge in [-0.3, -0.25) is 0 Å². The molecule has 0 saturated carbocycles. The molecule has 0 saturated heterocycles. The molecule has 1 aliphatic carbocycles. The van der Waals surface area contributed by atoms with Gasteiger partial charge in [0.05, 0.1) is 5.76 Å². The highest BCUT2D eigenvalue weighted by molar-refractivity contribution is 6.70. The lowest BCUT2D eigenvalue weighted by atomic mass is 9.76. The van der Waals surface area contributed by atoms with Gasteiger partial charge in [0.15, 0.2) is 0 Å². The maximum absolute atomic E-state index is 6.09. The van der Waals surface area contributed by atoms with Crippen LogP contribution in [0.1, 0.15) is 26.7 Å². The molecule has 16 heavy (non-hydrogen) atoms. The maximum atomic E-state index is 6.09. The Morgan fingerprint density at radius 2 is 2.06 bits per heavy atom. The minimum absolute atomic E-state index is 0.500. The van der Waals surface area contributed by atoms with Crippen molar-refractivity contribution in [3.63, 3.8) is 0 Å². The summed E-state index contributed by atoms with van der Waals surface area (Å²) in [7, 11) is -1.44. The second kappa shape index (κ2) is 5.22. The number of hydrogen-bond acceptors (Lipinski definition) is 1. The van der Waals surface area contributed by atoms with E-state index in [0.29, 0.717) is 5.92 Å². The molecule has 0 unspecified atom stereocenters. The Balaban J connectivity index is 2.74. The van der Waals surface area contributed by atoms with Crippen molar-refractivity contribution < 1.29 is 4.43 Å². The molecule has 0 spiro atoms. The van der Waals surface area contributed by atoms with Crippen molar-refractivity contribution in [2.45, 2.75) is 46.3 Å². The quantitative estimate of drug-likeness (QED) is 0.514. The molecule has 92 valence electrons. The highest BCUT2D eigenvalue weighted by Crippen LogP contribution is 2.35. The van der Waals surface area contributed by atoms with E-state index in [4.69, 9.17) is 4.43 Å². The van der Waals surface area contributed by atoms with Gasteiger partial charge >= 0.3 is 0 Å². The van der Waals surface area contributed by atoms with Gasteiger partial charge in [-0.15, -0.1) is 6.58 Å². The van der Waals surface area contributed by atoms with E-state index >= 15 is 0 Å². The van der Waals surface area contributed by atoms with Gasteiger partial charge in [-0.25, -0.2) is 0 Å². The lowest BCUT2D eigenvalue weighted by Gasteiger charge is -2.33. The second-order valence-corrected chi connectivity index (χ2v) is 10.5. The van der Waals surface area contributed by atoms with Crippen LogP contribution in [0.5, 0.6) is 0 Å². The van der Waals surface area contributed by atoms with E-state index in [1.165, 1.54) is 12.2 Å². The van der Waals surface area contributed by atoms with Crippen LogP contribution in [0.4, 0.5) is 0 Å². The van der Waals surface area contributed by atoms with Gasteiger partial charge in [0.25, 0.3) is 0 Å². The van der Waals surface area contributed by atoms with Crippen LogP contribution in [0.3, 0.4) is 0 Å². The van der Waals surface area contributed by atoms with E-state index in [0.717, 1.165) is 18.3 Å². The van der Waals surface area contributed by atoms with Crippen LogP contribution < -0.4 is 0 Å². The molecular weight excluding hydrogens is 212 g/mol. The third-order valence-electron chi connectivity index (χ3n) is 3.16. The normalized spacial score (nSPS) is 26.5. The standard InChI is InChI=1S/C14H26OSi/c1-7-12-10-13(15-16(4,5)6)8-9-14(12)11(2)3/h7,10-12,14H,1,8-9H2,2-6H3/t12-,14+/m1/s1. The zero-order valence-electron chi connectivity index (χ0n) is 11.4. The number of hydrogen-bond donors (Lipinski definition) is 0. The molecule has 2 heteroatoms. The van der Waals surface area contributed by atoms with E-state index < -0.39 is 8.32 Å². The first-order chi connectivity index (χ1) is 7.33. The van der Waals surface area contributed by atoms with Gasteiger partial charge in [0.1, 0.15) is 0 Å². The largest absolute Gasteiger partial charge is 0.548 e. The lowest BCUT2D eigenvalue weighted by molar-refractivity contribution is 0.262. The summed E-state index contributed by atoms with van der Waals surface area (Å²) in [5.74, 6) is 3.18. The van der Waals surface area contributed by atoms with Crippen LogP contribution in [0, 0.1) is 17.8 Å². The summed E-state index contributed by atoms with van der Waals surface area (Å²) in [6.45, 7) is 15.3. The van der Waals surface area contributed by atoms with E-state index in [1.54, 1.807) is 0 Å². The topological polar surface area (TPSA) is 9.23 Å². The van der Waals surface area contributed by atoms with Crippen molar-refractivity contribution in [2.24, 2.45) is 17.8 Å². The Morgan fingerprint density at radius 1 is 1.44 bits per heavy atom. The SMILES string of the molecule is C=C[C@@H]1C=C(O[Si](C)(C)C)CC[C@H]1C(C)C. The molecule has 1 rings (SSSR count). The van der Waals surface area contributed by atoms with E-state index in [9.17, 15) is 0 Å². The summed E-state index contributed by atoms with van der Waals surface area (Å²) in [6, 6.07) is 0. The highest BCUT2D eigenvalue weighted by Gasteiger charge is 2.27. The van der Waals surface area contributed by atoms with Crippen LogP contribution in [0.15, 0.2) is 24.5 Å². The fraction of sp³-hybridized carbons (Fsp3) is 0.714. The summed E-state index contributed by atoms with van der Waals surface area (Å²) >= 11 is 0. The molecular formula is C14H26OSi. The Labute approximate surface area is 102 Å². The van der Waals surface area contributed by atoms with Crippen molar-refractivity contribution in [1.82, 2.24) is 0 Å². The van der Waals surface area contributed by atoms with Gasteiger partial charge in [-0.2, -0.15) is 0 Å². The fourth-order valence-corrected chi connectivity index (χ4v) is 3.38. The third-order valence-corrected chi connectivity index (χ3v) is 4.04. The van der Waals surface area contributed by atoms with E-state index in [2.05, 4.69) is 52.2 Å². The van der Waals surface area contributed by atoms with Crippen LogP contribution in [0.2, 0.25) is 19.6 Å². The number of allylic oxidation sites excluding steroid dienone is 3. The average molecular weight is 238 g/mol. The predicted molar refractivity (Wildman–Crippen MR) is 73.8 cm³/mol. The van der Waals surface area contributed by atoms with E-state index in [1.807, 2.05) is 0 Å². The maximum Gasteiger partial charge on any atom is 0.241 e. The highest BCUT2D eigenvalue weighted by atomic mass is 28.4. The molecule has 0 aromatic rings. The Kier molecular flexibility index (Phi) is 4.42. The van der Waals surface area contributed by atoms with Crippen molar-refractivity contribution in [3.8, 4) is 0 Å². The minimum atomic E-state index is -1.44. The Morgan fingerprint density at radius 3 is 2.50 bits per heavy atom. The molecule has 0 fully saturated rings. The van der Waals surface area contributed by atoms with Crippen LogP contribution in [-0.2, 0) is 4.43 Å². The van der Waals surface area contributed by atoms with Gasteiger partial charge in [0.2, 0.25) is 8.32 Å². The van der Waals surface area contributed by atoms with Crippen LogP contribution in [-0.4, -0.2) is 8.32 Å². The van der Waals surface area contributed by atoms with Crippen LogP contribution >= 0.6 is 0 Å². The molecule has 0 aromatic heterocycles. The predicted octanol–water partition coefficient (Wildman–Crippen LogP) is 4.59. The summed E-state index contributed by atoms with van der Waals surface area (Å²) in [5.41, 5.74) is 0. The third kappa shape index (κ3) is 3.82. The summed E-state index contributed by atoms with van der Waals surface area (Å²) in [6.07, 6.45) is 6.74. The molecule has 1 aliphatic rings. The lowest BCUT2D eigenvalue weighted by Crippen LogP contribution is -2.28. The zero-order chi connectivity index (χ0) is 12.3. The fourth-order valence-electron chi connectivity index (χ4n) is 2.42. The first kappa shape index (κ1) is 13.6. The van der Waals surface area contributed by atoms with Crippen molar-refractivity contribution in [1.29, 1.82) is 0 Å². The van der Waals surface area contributed by atoms with Gasteiger partial charge in [0, 0.05) is 12.3 Å². The summed E-state index contributed by atoms with van der Waals surface area (Å²) in [5, 5.41) is 0. The summed E-state index contributed by atoms with van der Waals surface area (Å²) in [4.78, 5) is 0. The Bertz CT molecular complexity index is 273. The monoisotopic (exact) mass is 238 g/mol. The van der Waals surface area contributed by atoms with Gasteiger partial charge in [-0.1, -0.05) is 19.9 Å². The molecule has 0 bridgehead atoms. The molecule has 1 nitrogen and oxygen atoms in total. The molecule has 0 amide bonds. The first-order valence-electron chi connectivity index (χ1n) is 6.36. The number of rotatable bonds is 4. The summed E-state index contributed by atoms with van der Waals surface area (Å²) < 4.78 is 6.09. The molecule has 2 atom stereocenters.